The van der Waals surface area contributed by atoms with Gasteiger partial charge in [0.1, 0.15) is 12.4 Å². The molecular weight excluding hydrogens is 380 g/mol. The average molecular weight is 406 g/mol. The zero-order chi connectivity index (χ0) is 21.7. The van der Waals surface area contributed by atoms with Gasteiger partial charge >= 0.3 is 0 Å². The summed E-state index contributed by atoms with van der Waals surface area (Å²) >= 11 is 0. The fraction of sp³-hybridized carbons (Fsp3) is 0.250. The topological polar surface area (TPSA) is 64.8 Å². The largest absolute Gasteiger partial charge is 0.493 e. The van der Waals surface area contributed by atoms with Crippen LogP contribution >= 0.6 is 0 Å². The number of hydrogen-bond acceptors (Lipinski definition) is 5. The average Bonchev–Trinajstić information content (AvgIpc) is 3.08. The van der Waals surface area contributed by atoms with Crippen LogP contribution in [0.3, 0.4) is 0 Å². The first kappa shape index (κ1) is 21.2. The molecule has 1 heterocycles. The summed E-state index contributed by atoms with van der Waals surface area (Å²) < 4.78 is 16.5. The molecule has 1 amide bonds. The molecule has 0 aliphatic rings. The van der Waals surface area contributed by atoms with E-state index in [1.54, 1.807) is 31.2 Å². The fourth-order valence-corrected chi connectivity index (χ4v) is 2.94. The highest BCUT2D eigenvalue weighted by Gasteiger charge is 2.12. The van der Waals surface area contributed by atoms with Crippen LogP contribution in [0.15, 0.2) is 53.1 Å². The van der Waals surface area contributed by atoms with Gasteiger partial charge in [-0.15, -0.1) is 0 Å². The summed E-state index contributed by atoms with van der Waals surface area (Å²) in [6.45, 7) is 6.09. The Labute approximate surface area is 176 Å². The third-order valence-corrected chi connectivity index (χ3v) is 4.91. The molecule has 0 aliphatic heterocycles. The SMILES string of the molecule is COc1cc(/C=C/C(=O)N(C)c2ccc(C)cc2)ccc1OCc1c(C)noc1C. The lowest BCUT2D eigenvalue weighted by atomic mass is 10.1. The van der Waals surface area contributed by atoms with E-state index in [2.05, 4.69) is 5.16 Å². The molecule has 2 aromatic carbocycles. The van der Waals surface area contributed by atoms with Gasteiger partial charge in [0, 0.05) is 18.8 Å². The molecule has 0 aliphatic carbocycles. The molecule has 0 saturated heterocycles. The molecule has 0 bridgehead atoms. The number of carbonyl (C=O) groups is 1. The number of amides is 1. The van der Waals surface area contributed by atoms with Gasteiger partial charge in [-0.2, -0.15) is 0 Å². The van der Waals surface area contributed by atoms with Gasteiger partial charge in [-0.3, -0.25) is 4.79 Å². The molecule has 0 spiro atoms. The first-order valence-electron chi connectivity index (χ1n) is 9.64. The minimum atomic E-state index is -0.114. The zero-order valence-electron chi connectivity index (χ0n) is 17.9. The highest BCUT2D eigenvalue weighted by atomic mass is 16.5. The second-order valence-electron chi connectivity index (χ2n) is 7.07. The molecule has 0 atom stereocenters. The predicted molar refractivity (Wildman–Crippen MR) is 117 cm³/mol. The van der Waals surface area contributed by atoms with Gasteiger partial charge in [0.2, 0.25) is 0 Å². The molecule has 1 aromatic heterocycles. The van der Waals surface area contributed by atoms with Crippen molar-refractivity contribution in [3.8, 4) is 11.5 Å². The molecule has 30 heavy (non-hydrogen) atoms. The molecule has 3 aromatic rings. The van der Waals surface area contributed by atoms with E-state index in [0.717, 1.165) is 33.8 Å². The lowest BCUT2D eigenvalue weighted by molar-refractivity contribution is -0.113. The van der Waals surface area contributed by atoms with E-state index >= 15 is 0 Å². The smallest absolute Gasteiger partial charge is 0.250 e. The van der Waals surface area contributed by atoms with Crippen molar-refractivity contribution in [2.45, 2.75) is 27.4 Å². The number of ether oxygens (including phenoxy) is 2. The number of methoxy groups -OCH3 is 1. The Morgan fingerprint density at radius 2 is 1.83 bits per heavy atom. The van der Waals surface area contributed by atoms with Crippen molar-refractivity contribution < 1.29 is 18.8 Å². The number of likely N-dealkylation sites (N-methyl/N-ethyl adjacent to an activating group) is 1. The van der Waals surface area contributed by atoms with Crippen molar-refractivity contribution >= 4 is 17.7 Å². The highest BCUT2D eigenvalue weighted by Crippen LogP contribution is 2.30. The van der Waals surface area contributed by atoms with E-state index in [9.17, 15) is 4.79 Å². The summed E-state index contributed by atoms with van der Waals surface area (Å²) in [7, 11) is 3.34. The Bertz CT molecular complexity index is 1030. The Morgan fingerprint density at radius 1 is 1.10 bits per heavy atom. The van der Waals surface area contributed by atoms with Gasteiger partial charge in [-0.25, -0.2) is 0 Å². The maximum absolute atomic E-state index is 12.5. The van der Waals surface area contributed by atoms with Gasteiger partial charge in [-0.05, 0) is 56.7 Å². The van der Waals surface area contributed by atoms with Crippen LogP contribution in [0.25, 0.3) is 6.08 Å². The highest BCUT2D eigenvalue weighted by molar-refractivity contribution is 6.03. The van der Waals surface area contributed by atoms with Crippen molar-refractivity contribution in [1.29, 1.82) is 0 Å². The number of aromatic nitrogens is 1. The van der Waals surface area contributed by atoms with Crippen molar-refractivity contribution in [3.63, 3.8) is 0 Å². The van der Waals surface area contributed by atoms with Crippen LogP contribution in [0.1, 0.15) is 28.1 Å². The Morgan fingerprint density at radius 3 is 2.47 bits per heavy atom. The predicted octanol–water partition coefficient (Wildman–Crippen LogP) is 4.86. The molecule has 6 heteroatoms. The van der Waals surface area contributed by atoms with E-state index in [1.807, 2.05) is 63.2 Å². The fourth-order valence-electron chi connectivity index (χ4n) is 2.94. The van der Waals surface area contributed by atoms with Gasteiger partial charge in [0.05, 0.1) is 18.4 Å². The van der Waals surface area contributed by atoms with Crippen LogP contribution in [-0.2, 0) is 11.4 Å². The molecule has 0 unspecified atom stereocenters. The van der Waals surface area contributed by atoms with E-state index in [0.29, 0.717) is 18.1 Å². The van der Waals surface area contributed by atoms with Crippen molar-refractivity contribution in [1.82, 2.24) is 5.16 Å². The van der Waals surface area contributed by atoms with Gasteiger partial charge in [0.25, 0.3) is 5.91 Å². The first-order valence-corrected chi connectivity index (χ1v) is 9.64. The quantitative estimate of drug-likeness (QED) is 0.524. The summed E-state index contributed by atoms with van der Waals surface area (Å²) in [6, 6.07) is 13.3. The second-order valence-corrected chi connectivity index (χ2v) is 7.07. The lowest BCUT2D eigenvalue weighted by Gasteiger charge is -2.15. The number of benzene rings is 2. The van der Waals surface area contributed by atoms with Gasteiger partial charge < -0.3 is 18.9 Å². The lowest BCUT2D eigenvalue weighted by Crippen LogP contribution is -2.23. The molecule has 0 fully saturated rings. The number of carbonyl (C=O) groups excluding carboxylic acids is 1. The molecule has 0 radical (unpaired) electrons. The molecule has 0 saturated carbocycles. The Balaban J connectivity index is 1.69. The van der Waals surface area contributed by atoms with Gasteiger partial charge in [-0.1, -0.05) is 28.9 Å². The third kappa shape index (κ3) is 4.89. The minimum Gasteiger partial charge on any atom is -0.493 e. The van der Waals surface area contributed by atoms with Crippen LogP contribution in [0.5, 0.6) is 11.5 Å². The van der Waals surface area contributed by atoms with Gasteiger partial charge in [0.15, 0.2) is 11.5 Å². The number of rotatable bonds is 7. The Hall–Kier alpha value is -3.54. The summed E-state index contributed by atoms with van der Waals surface area (Å²) in [5.74, 6) is 1.82. The minimum absolute atomic E-state index is 0.114. The van der Waals surface area contributed by atoms with Crippen LogP contribution in [0.4, 0.5) is 5.69 Å². The van der Waals surface area contributed by atoms with E-state index in [1.165, 1.54) is 0 Å². The maximum Gasteiger partial charge on any atom is 0.250 e. The van der Waals surface area contributed by atoms with Crippen molar-refractivity contribution in [2.75, 3.05) is 19.1 Å². The molecular formula is C24H26N2O4. The van der Waals surface area contributed by atoms with E-state index < -0.39 is 0 Å². The van der Waals surface area contributed by atoms with Crippen LogP contribution < -0.4 is 14.4 Å². The standard InChI is InChI=1S/C24H26N2O4/c1-16-6-10-20(11-7-16)26(4)24(27)13-9-19-8-12-22(23(14-19)28-5)29-15-21-17(2)25-30-18(21)3/h6-14H,15H2,1-5H3/b13-9+. The number of hydrogen-bond donors (Lipinski definition) is 0. The molecule has 0 N–H and O–H groups in total. The van der Waals surface area contributed by atoms with Crippen LogP contribution in [0.2, 0.25) is 0 Å². The van der Waals surface area contributed by atoms with Crippen LogP contribution in [0, 0.1) is 20.8 Å². The first-order chi connectivity index (χ1) is 14.4. The normalized spacial score (nSPS) is 11.0. The van der Waals surface area contributed by atoms with Crippen molar-refractivity contribution in [3.05, 3.63) is 76.7 Å². The number of aryl methyl sites for hydroxylation is 3. The molecule has 6 nitrogen and oxygen atoms in total. The molecule has 156 valence electrons. The summed E-state index contributed by atoms with van der Waals surface area (Å²) in [4.78, 5) is 14.1. The van der Waals surface area contributed by atoms with Crippen molar-refractivity contribution in [2.24, 2.45) is 0 Å². The zero-order valence-corrected chi connectivity index (χ0v) is 17.9. The Kier molecular flexibility index (Phi) is 6.57. The van der Waals surface area contributed by atoms with E-state index in [4.69, 9.17) is 14.0 Å². The number of nitrogens with zero attached hydrogens (tertiary/aromatic N) is 2. The third-order valence-electron chi connectivity index (χ3n) is 4.91. The number of anilines is 1. The summed E-state index contributed by atoms with van der Waals surface area (Å²) in [5.41, 5.74) is 4.56. The second kappa shape index (κ2) is 9.31. The monoisotopic (exact) mass is 406 g/mol. The summed E-state index contributed by atoms with van der Waals surface area (Å²) in [5, 5.41) is 3.93. The van der Waals surface area contributed by atoms with Crippen LogP contribution in [-0.4, -0.2) is 25.2 Å². The molecule has 3 rings (SSSR count). The maximum atomic E-state index is 12.5. The summed E-state index contributed by atoms with van der Waals surface area (Å²) in [6.07, 6.45) is 3.30. The van der Waals surface area contributed by atoms with E-state index in [-0.39, 0.29) is 5.91 Å².